The van der Waals surface area contributed by atoms with Gasteiger partial charge in [-0.15, -0.1) is 0 Å². The van der Waals surface area contributed by atoms with E-state index in [4.69, 9.17) is 19.7 Å². The molecule has 7 heteroatoms. The van der Waals surface area contributed by atoms with Crippen LogP contribution in [0.3, 0.4) is 0 Å². The molecule has 0 bridgehead atoms. The minimum Gasteiger partial charge on any atom is -0.493 e. The summed E-state index contributed by atoms with van der Waals surface area (Å²) in [6, 6.07) is 24.6. The Morgan fingerprint density at radius 3 is 2.42 bits per heavy atom. The van der Waals surface area contributed by atoms with Gasteiger partial charge in [-0.05, 0) is 62.4 Å². The van der Waals surface area contributed by atoms with Crippen molar-refractivity contribution in [3.05, 3.63) is 95.8 Å². The molecule has 0 unspecified atom stereocenters. The van der Waals surface area contributed by atoms with Crippen LogP contribution < -0.4 is 14.8 Å². The standard InChI is InChI=1S/C29H27N5O2/c1-18-10-12-24-22(14-18)25-15-19(2)31-34(25)29(30-24)23-17-33(21-8-6-5-7-9-21)32-28(23)20-11-13-26(35-3)27(16-20)36-4/h5-17,29-30H,1-4H3/t29-/m0/s1. The fourth-order valence-corrected chi connectivity index (χ4v) is 4.84. The second-order valence-corrected chi connectivity index (χ2v) is 8.99. The number of nitrogens with one attached hydrogen (secondary N) is 1. The zero-order valence-corrected chi connectivity index (χ0v) is 20.7. The SMILES string of the molecule is COc1ccc(-c2nn(-c3ccccc3)cc2[C@H]2Nc3ccc(C)cc3-c3cc(C)nn32)cc1OC. The van der Waals surface area contributed by atoms with E-state index in [1.807, 2.05) is 60.1 Å². The van der Waals surface area contributed by atoms with Gasteiger partial charge in [0, 0.05) is 28.6 Å². The molecule has 1 aliphatic heterocycles. The smallest absolute Gasteiger partial charge is 0.161 e. The van der Waals surface area contributed by atoms with E-state index < -0.39 is 0 Å². The van der Waals surface area contributed by atoms with E-state index >= 15 is 0 Å². The summed E-state index contributed by atoms with van der Waals surface area (Å²) in [5.74, 6) is 1.33. The van der Waals surface area contributed by atoms with Crippen molar-refractivity contribution in [1.82, 2.24) is 19.6 Å². The van der Waals surface area contributed by atoms with Crippen LogP contribution in [-0.4, -0.2) is 33.8 Å². The van der Waals surface area contributed by atoms with Crippen molar-refractivity contribution < 1.29 is 9.47 Å². The quantitative estimate of drug-likeness (QED) is 0.336. The van der Waals surface area contributed by atoms with E-state index in [2.05, 4.69) is 47.4 Å². The average molecular weight is 478 g/mol. The van der Waals surface area contributed by atoms with Gasteiger partial charge in [-0.2, -0.15) is 10.2 Å². The number of anilines is 1. The summed E-state index contributed by atoms with van der Waals surface area (Å²) < 4.78 is 15.1. The highest BCUT2D eigenvalue weighted by Crippen LogP contribution is 2.42. The summed E-state index contributed by atoms with van der Waals surface area (Å²) in [5.41, 5.74) is 9.23. The Hall–Kier alpha value is -4.52. The second kappa shape index (κ2) is 8.61. The maximum absolute atomic E-state index is 5.60. The lowest BCUT2D eigenvalue weighted by Gasteiger charge is -2.29. The van der Waals surface area contributed by atoms with Crippen molar-refractivity contribution in [2.24, 2.45) is 0 Å². The summed E-state index contributed by atoms with van der Waals surface area (Å²) in [6.07, 6.45) is 1.84. The first-order chi connectivity index (χ1) is 17.6. The zero-order valence-electron chi connectivity index (χ0n) is 20.7. The van der Waals surface area contributed by atoms with Gasteiger partial charge in [-0.3, -0.25) is 0 Å². The Labute approximate surface area is 209 Å². The third kappa shape index (κ3) is 3.60. The van der Waals surface area contributed by atoms with Crippen molar-refractivity contribution in [3.63, 3.8) is 0 Å². The number of rotatable bonds is 5. The third-order valence-corrected chi connectivity index (χ3v) is 6.56. The molecular weight excluding hydrogens is 450 g/mol. The van der Waals surface area contributed by atoms with Crippen LogP contribution in [-0.2, 0) is 0 Å². The number of hydrogen-bond acceptors (Lipinski definition) is 5. The van der Waals surface area contributed by atoms with E-state index in [0.29, 0.717) is 11.5 Å². The number of methoxy groups -OCH3 is 2. The van der Waals surface area contributed by atoms with Crippen LogP contribution in [0.25, 0.3) is 28.2 Å². The molecule has 1 N–H and O–H groups in total. The predicted molar refractivity (Wildman–Crippen MR) is 141 cm³/mol. The molecule has 180 valence electrons. The Morgan fingerprint density at radius 1 is 0.833 bits per heavy atom. The molecule has 0 saturated heterocycles. The lowest BCUT2D eigenvalue weighted by atomic mass is 10.0. The highest BCUT2D eigenvalue weighted by atomic mass is 16.5. The van der Waals surface area contributed by atoms with Crippen LogP contribution in [0.2, 0.25) is 0 Å². The monoisotopic (exact) mass is 477 g/mol. The van der Waals surface area contributed by atoms with Gasteiger partial charge in [-0.25, -0.2) is 9.36 Å². The molecule has 1 atom stereocenters. The highest BCUT2D eigenvalue weighted by molar-refractivity contribution is 5.80. The van der Waals surface area contributed by atoms with E-state index in [1.165, 1.54) is 5.56 Å². The molecule has 2 aromatic heterocycles. The van der Waals surface area contributed by atoms with Gasteiger partial charge in [0.25, 0.3) is 0 Å². The van der Waals surface area contributed by atoms with E-state index in [1.54, 1.807) is 14.2 Å². The van der Waals surface area contributed by atoms with Crippen LogP contribution in [0.15, 0.2) is 79.0 Å². The molecule has 7 nitrogen and oxygen atoms in total. The van der Waals surface area contributed by atoms with E-state index in [-0.39, 0.29) is 6.17 Å². The molecule has 3 aromatic carbocycles. The minimum atomic E-state index is -0.246. The van der Waals surface area contributed by atoms with Crippen LogP contribution >= 0.6 is 0 Å². The largest absolute Gasteiger partial charge is 0.493 e. The molecule has 0 spiro atoms. The number of aryl methyl sites for hydroxylation is 2. The van der Waals surface area contributed by atoms with Gasteiger partial charge < -0.3 is 14.8 Å². The van der Waals surface area contributed by atoms with Crippen LogP contribution in [0.4, 0.5) is 5.69 Å². The summed E-state index contributed by atoms with van der Waals surface area (Å²) in [6.45, 7) is 4.14. The van der Waals surface area contributed by atoms with E-state index in [9.17, 15) is 0 Å². The lowest BCUT2D eigenvalue weighted by molar-refractivity contribution is 0.355. The van der Waals surface area contributed by atoms with Gasteiger partial charge in [0.05, 0.1) is 31.3 Å². The number of fused-ring (bicyclic) bond motifs is 3. The maximum atomic E-state index is 5.60. The number of para-hydroxylation sites is 1. The van der Waals surface area contributed by atoms with Crippen LogP contribution in [0, 0.1) is 13.8 Å². The molecule has 36 heavy (non-hydrogen) atoms. The Kier molecular flexibility index (Phi) is 5.25. The highest BCUT2D eigenvalue weighted by Gasteiger charge is 2.30. The molecule has 0 amide bonds. The van der Waals surface area contributed by atoms with Gasteiger partial charge >= 0.3 is 0 Å². The van der Waals surface area contributed by atoms with Crippen LogP contribution in [0.5, 0.6) is 11.5 Å². The first-order valence-electron chi connectivity index (χ1n) is 11.9. The fraction of sp³-hybridized carbons (Fsp3) is 0.172. The van der Waals surface area contributed by atoms with Crippen molar-refractivity contribution in [1.29, 1.82) is 0 Å². The molecule has 3 heterocycles. The Bertz CT molecular complexity index is 1570. The summed E-state index contributed by atoms with van der Waals surface area (Å²) in [4.78, 5) is 0. The molecular formula is C29H27N5O2. The molecule has 5 aromatic rings. The summed E-state index contributed by atoms with van der Waals surface area (Å²) in [5, 5.41) is 13.7. The van der Waals surface area contributed by atoms with Crippen molar-refractivity contribution in [3.8, 4) is 39.7 Å². The average Bonchev–Trinajstić information content (AvgIpc) is 3.52. The lowest BCUT2D eigenvalue weighted by Crippen LogP contribution is -2.26. The zero-order chi connectivity index (χ0) is 24.8. The molecule has 6 rings (SSSR count). The number of ether oxygens (including phenoxy) is 2. The second-order valence-electron chi connectivity index (χ2n) is 8.99. The fourth-order valence-electron chi connectivity index (χ4n) is 4.84. The Morgan fingerprint density at radius 2 is 1.64 bits per heavy atom. The number of nitrogens with zero attached hydrogens (tertiary/aromatic N) is 4. The predicted octanol–water partition coefficient (Wildman–Crippen LogP) is 6.01. The number of aromatic nitrogens is 4. The molecule has 0 fully saturated rings. The van der Waals surface area contributed by atoms with Crippen LogP contribution in [0.1, 0.15) is 23.0 Å². The Balaban J connectivity index is 1.56. The summed E-state index contributed by atoms with van der Waals surface area (Å²) in [7, 11) is 3.28. The number of benzene rings is 3. The van der Waals surface area contributed by atoms with Gasteiger partial charge in [0.15, 0.2) is 17.7 Å². The first kappa shape index (κ1) is 22.0. The maximum Gasteiger partial charge on any atom is 0.161 e. The molecule has 0 saturated carbocycles. The van der Waals surface area contributed by atoms with E-state index in [0.717, 1.165) is 45.1 Å². The van der Waals surface area contributed by atoms with Crippen molar-refractivity contribution in [2.45, 2.75) is 20.0 Å². The minimum absolute atomic E-state index is 0.246. The number of hydrogen-bond donors (Lipinski definition) is 1. The molecule has 0 radical (unpaired) electrons. The topological polar surface area (TPSA) is 66.1 Å². The van der Waals surface area contributed by atoms with Gasteiger partial charge in [-0.1, -0.05) is 29.8 Å². The summed E-state index contributed by atoms with van der Waals surface area (Å²) >= 11 is 0. The van der Waals surface area contributed by atoms with Gasteiger partial charge in [0.1, 0.15) is 5.69 Å². The normalized spacial score (nSPS) is 14.1. The van der Waals surface area contributed by atoms with Crippen molar-refractivity contribution >= 4 is 5.69 Å². The molecule has 1 aliphatic rings. The third-order valence-electron chi connectivity index (χ3n) is 6.56. The molecule has 0 aliphatic carbocycles. The van der Waals surface area contributed by atoms with Crippen molar-refractivity contribution in [2.75, 3.05) is 19.5 Å². The van der Waals surface area contributed by atoms with Gasteiger partial charge in [0.2, 0.25) is 0 Å². The first-order valence-corrected chi connectivity index (χ1v) is 11.9.